The Morgan fingerprint density at radius 2 is 2.22 bits per heavy atom. The molecule has 1 amide bonds. The highest BCUT2D eigenvalue weighted by Gasteiger charge is 2.36. The van der Waals surface area contributed by atoms with Gasteiger partial charge in [-0.1, -0.05) is 20.8 Å². The fourth-order valence-corrected chi connectivity index (χ4v) is 2.79. The fraction of sp³-hybridized carbons (Fsp3) is 0.583. The van der Waals surface area contributed by atoms with Gasteiger partial charge in [0.25, 0.3) is 0 Å². The van der Waals surface area contributed by atoms with Gasteiger partial charge in [-0.15, -0.1) is 11.3 Å². The molecule has 2 heterocycles. The van der Waals surface area contributed by atoms with Crippen molar-refractivity contribution in [3.8, 4) is 0 Å². The Hall–Kier alpha value is -1.43. The molecule has 1 N–H and O–H groups in total. The molecule has 0 bridgehead atoms. The quantitative estimate of drug-likeness (QED) is 0.889. The molecule has 98 valence electrons. The largest absolute Gasteiger partial charge is 0.481 e. The summed E-state index contributed by atoms with van der Waals surface area (Å²) >= 11 is 1.46. The fourth-order valence-electron chi connectivity index (χ4n) is 1.79. The van der Waals surface area contributed by atoms with Gasteiger partial charge < -0.3 is 5.11 Å². The molecule has 6 heteroatoms. The van der Waals surface area contributed by atoms with Crippen LogP contribution in [0, 0.1) is 5.92 Å². The summed E-state index contributed by atoms with van der Waals surface area (Å²) in [7, 11) is 0. The van der Waals surface area contributed by atoms with Crippen LogP contribution in [0.15, 0.2) is 6.20 Å². The van der Waals surface area contributed by atoms with Gasteiger partial charge in [-0.2, -0.15) is 0 Å². The van der Waals surface area contributed by atoms with E-state index in [1.165, 1.54) is 16.2 Å². The number of amides is 1. The third-order valence-electron chi connectivity index (χ3n) is 2.94. The molecule has 0 aromatic carbocycles. The number of carbonyl (C=O) groups is 2. The van der Waals surface area contributed by atoms with Crippen LogP contribution in [-0.2, 0) is 15.0 Å². The molecular weight excluding hydrogens is 252 g/mol. The number of aromatic nitrogens is 1. The Bertz CT molecular complexity index is 490. The van der Waals surface area contributed by atoms with Gasteiger partial charge in [-0.25, -0.2) is 4.98 Å². The first-order valence-electron chi connectivity index (χ1n) is 5.78. The van der Waals surface area contributed by atoms with Crippen LogP contribution in [0.3, 0.4) is 0 Å². The lowest BCUT2D eigenvalue weighted by atomic mass is 9.96. The molecule has 1 aromatic heterocycles. The minimum atomic E-state index is -0.918. The van der Waals surface area contributed by atoms with E-state index in [1.54, 1.807) is 6.20 Å². The van der Waals surface area contributed by atoms with E-state index < -0.39 is 11.9 Å². The van der Waals surface area contributed by atoms with Gasteiger partial charge in [0, 0.05) is 24.0 Å². The molecule has 0 radical (unpaired) electrons. The van der Waals surface area contributed by atoms with Crippen LogP contribution < -0.4 is 4.90 Å². The van der Waals surface area contributed by atoms with Gasteiger partial charge in [0.15, 0.2) is 5.13 Å². The molecule has 18 heavy (non-hydrogen) atoms. The summed E-state index contributed by atoms with van der Waals surface area (Å²) in [6.07, 6.45) is 1.83. The van der Waals surface area contributed by atoms with Crippen molar-refractivity contribution in [2.75, 3.05) is 11.4 Å². The molecular formula is C12H16N2O3S. The number of hydrogen-bond acceptors (Lipinski definition) is 4. The SMILES string of the molecule is CC(C)(C)c1cnc(N2CC(C(=O)O)CC2=O)s1. The van der Waals surface area contributed by atoms with Crippen molar-refractivity contribution in [1.82, 2.24) is 4.98 Å². The van der Waals surface area contributed by atoms with E-state index >= 15 is 0 Å². The number of carboxylic acid groups (broad SMARTS) is 1. The summed E-state index contributed by atoms with van der Waals surface area (Å²) < 4.78 is 0. The van der Waals surface area contributed by atoms with Crippen LogP contribution in [-0.4, -0.2) is 28.5 Å². The lowest BCUT2D eigenvalue weighted by Gasteiger charge is -2.15. The Morgan fingerprint density at radius 3 is 2.67 bits per heavy atom. The normalized spacial score (nSPS) is 20.5. The predicted octanol–water partition coefficient (Wildman–Crippen LogP) is 1.88. The van der Waals surface area contributed by atoms with Crippen molar-refractivity contribution in [2.24, 2.45) is 5.92 Å². The summed E-state index contributed by atoms with van der Waals surface area (Å²) in [5.74, 6) is -1.69. The van der Waals surface area contributed by atoms with Crippen molar-refractivity contribution in [2.45, 2.75) is 32.6 Å². The average Bonchev–Trinajstić information content (AvgIpc) is 2.81. The molecule has 0 aliphatic carbocycles. The summed E-state index contributed by atoms with van der Waals surface area (Å²) in [5.41, 5.74) is -0.00904. The van der Waals surface area contributed by atoms with Crippen molar-refractivity contribution in [3.05, 3.63) is 11.1 Å². The van der Waals surface area contributed by atoms with Crippen LogP contribution >= 0.6 is 11.3 Å². The van der Waals surface area contributed by atoms with Gasteiger partial charge in [-0.05, 0) is 5.41 Å². The van der Waals surface area contributed by atoms with Gasteiger partial charge in [0.1, 0.15) is 0 Å². The van der Waals surface area contributed by atoms with Crippen LogP contribution in [0.2, 0.25) is 0 Å². The summed E-state index contributed by atoms with van der Waals surface area (Å²) in [5, 5.41) is 9.54. The first-order chi connectivity index (χ1) is 8.29. The van der Waals surface area contributed by atoms with Crippen molar-refractivity contribution in [1.29, 1.82) is 0 Å². The second kappa shape index (κ2) is 4.35. The van der Waals surface area contributed by atoms with Crippen molar-refractivity contribution in [3.63, 3.8) is 0 Å². The first-order valence-corrected chi connectivity index (χ1v) is 6.60. The number of hydrogen-bond donors (Lipinski definition) is 1. The number of aliphatic carboxylic acids is 1. The number of anilines is 1. The van der Waals surface area contributed by atoms with Gasteiger partial charge in [0.2, 0.25) is 5.91 Å². The summed E-state index contributed by atoms with van der Waals surface area (Å²) in [6, 6.07) is 0. The zero-order valence-electron chi connectivity index (χ0n) is 10.6. The number of rotatable bonds is 2. The molecule has 2 rings (SSSR count). The predicted molar refractivity (Wildman–Crippen MR) is 68.9 cm³/mol. The minimum Gasteiger partial charge on any atom is -0.481 e. The highest BCUT2D eigenvalue weighted by atomic mass is 32.1. The second-order valence-corrected chi connectivity index (χ2v) is 6.51. The van der Waals surface area contributed by atoms with E-state index in [4.69, 9.17) is 5.11 Å². The maximum atomic E-state index is 11.8. The van der Waals surface area contributed by atoms with E-state index in [0.717, 1.165) is 4.88 Å². The van der Waals surface area contributed by atoms with Crippen LogP contribution in [0.4, 0.5) is 5.13 Å². The lowest BCUT2D eigenvalue weighted by Crippen LogP contribution is -2.25. The first kappa shape index (κ1) is 13.0. The monoisotopic (exact) mass is 268 g/mol. The number of nitrogens with zero attached hydrogens (tertiary/aromatic N) is 2. The van der Waals surface area contributed by atoms with Crippen molar-refractivity contribution < 1.29 is 14.7 Å². The van der Waals surface area contributed by atoms with E-state index in [-0.39, 0.29) is 24.3 Å². The Balaban J connectivity index is 2.20. The molecule has 1 aromatic rings. The van der Waals surface area contributed by atoms with Crippen LogP contribution in [0.5, 0.6) is 0 Å². The summed E-state index contributed by atoms with van der Waals surface area (Å²) in [6.45, 7) is 6.47. The Labute approximate surface area is 109 Å². The molecule has 1 unspecified atom stereocenters. The zero-order valence-corrected chi connectivity index (χ0v) is 11.5. The van der Waals surface area contributed by atoms with Gasteiger partial charge >= 0.3 is 5.97 Å². The number of carboxylic acids is 1. The zero-order chi connectivity index (χ0) is 13.5. The molecule has 5 nitrogen and oxygen atoms in total. The second-order valence-electron chi connectivity index (χ2n) is 5.50. The van der Waals surface area contributed by atoms with E-state index in [1.807, 2.05) is 0 Å². The summed E-state index contributed by atoms with van der Waals surface area (Å²) in [4.78, 5) is 29.5. The third kappa shape index (κ3) is 2.38. The molecule has 0 saturated carbocycles. The molecule has 1 atom stereocenters. The van der Waals surface area contributed by atoms with Crippen LogP contribution in [0.1, 0.15) is 32.1 Å². The van der Waals surface area contributed by atoms with Gasteiger partial charge in [0.05, 0.1) is 5.92 Å². The number of carbonyl (C=O) groups excluding carboxylic acids is 1. The highest BCUT2D eigenvalue weighted by Crippen LogP contribution is 2.34. The van der Waals surface area contributed by atoms with E-state index in [2.05, 4.69) is 25.8 Å². The third-order valence-corrected chi connectivity index (χ3v) is 4.38. The standard InChI is InChI=1S/C12H16N2O3S/c1-12(2,3)8-5-13-11(18-8)14-6-7(10(16)17)4-9(14)15/h5,7H,4,6H2,1-3H3,(H,16,17). The highest BCUT2D eigenvalue weighted by molar-refractivity contribution is 7.15. The smallest absolute Gasteiger partial charge is 0.308 e. The van der Waals surface area contributed by atoms with Crippen LogP contribution in [0.25, 0.3) is 0 Å². The molecule has 1 aliphatic heterocycles. The Morgan fingerprint density at radius 1 is 1.56 bits per heavy atom. The van der Waals surface area contributed by atoms with Crippen molar-refractivity contribution >= 4 is 28.3 Å². The maximum Gasteiger partial charge on any atom is 0.308 e. The number of thiazole rings is 1. The average molecular weight is 268 g/mol. The molecule has 1 saturated heterocycles. The molecule has 0 spiro atoms. The maximum absolute atomic E-state index is 11.8. The molecule has 1 fully saturated rings. The lowest BCUT2D eigenvalue weighted by molar-refractivity contribution is -0.141. The Kier molecular flexibility index (Phi) is 3.14. The minimum absolute atomic E-state index is 0.00904. The van der Waals surface area contributed by atoms with Gasteiger partial charge in [-0.3, -0.25) is 14.5 Å². The van der Waals surface area contributed by atoms with E-state index in [0.29, 0.717) is 5.13 Å². The topological polar surface area (TPSA) is 70.5 Å². The molecule has 1 aliphatic rings. The van der Waals surface area contributed by atoms with E-state index in [9.17, 15) is 9.59 Å².